The van der Waals surface area contributed by atoms with Crippen LogP contribution in [-0.2, 0) is 6.54 Å². The van der Waals surface area contributed by atoms with E-state index in [4.69, 9.17) is 0 Å². The molecule has 0 amide bonds. The maximum Gasteiger partial charge on any atom is 0.226 e. The zero-order chi connectivity index (χ0) is 17.8. The number of aliphatic hydroxyl groups excluding tert-OH is 1. The summed E-state index contributed by atoms with van der Waals surface area (Å²) < 4.78 is 2.00. The molecule has 0 aliphatic heterocycles. The summed E-state index contributed by atoms with van der Waals surface area (Å²) in [4.78, 5) is 17.7. The highest BCUT2D eigenvalue weighted by atomic mass is 16.3. The Labute approximate surface area is 146 Å². The van der Waals surface area contributed by atoms with Crippen LogP contribution in [-0.4, -0.2) is 42.3 Å². The van der Waals surface area contributed by atoms with Crippen molar-refractivity contribution in [1.82, 2.24) is 24.5 Å². The largest absolute Gasteiger partial charge is 0.392 e. The van der Waals surface area contributed by atoms with Crippen LogP contribution in [0.15, 0.2) is 30.9 Å². The number of hydrogen-bond acceptors (Lipinski definition) is 7. The minimum Gasteiger partial charge on any atom is -0.392 e. The number of nitrogens with one attached hydrogen (secondary N) is 2. The van der Waals surface area contributed by atoms with Gasteiger partial charge in [0.25, 0.3) is 0 Å². The first-order chi connectivity index (χ1) is 12.0. The average molecular weight is 341 g/mol. The van der Waals surface area contributed by atoms with Crippen molar-refractivity contribution in [3.05, 3.63) is 36.4 Å². The third-order valence-electron chi connectivity index (χ3n) is 3.72. The summed E-state index contributed by atoms with van der Waals surface area (Å²) in [5.74, 6) is 1.12. The third kappa shape index (κ3) is 4.03. The van der Waals surface area contributed by atoms with Crippen LogP contribution in [0.1, 0.15) is 32.4 Å². The topological polar surface area (TPSA) is 101 Å². The van der Waals surface area contributed by atoms with Crippen LogP contribution in [0.5, 0.6) is 0 Å². The zero-order valence-corrected chi connectivity index (χ0v) is 14.6. The van der Waals surface area contributed by atoms with Gasteiger partial charge in [-0.1, -0.05) is 6.07 Å². The second-order valence-corrected chi connectivity index (χ2v) is 6.26. The van der Waals surface area contributed by atoms with Gasteiger partial charge in [0.2, 0.25) is 5.95 Å². The summed E-state index contributed by atoms with van der Waals surface area (Å²) in [5.41, 5.74) is 2.53. The highest BCUT2D eigenvalue weighted by Crippen LogP contribution is 2.23. The van der Waals surface area contributed by atoms with Crippen molar-refractivity contribution in [1.29, 1.82) is 0 Å². The van der Waals surface area contributed by atoms with E-state index in [1.165, 1.54) is 0 Å². The molecular formula is C17H23N7O. The van der Waals surface area contributed by atoms with Crippen molar-refractivity contribution in [2.24, 2.45) is 0 Å². The lowest BCUT2D eigenvalue weighted by Gasteiger charge is -2.12. The Bertz CT molecular complexity index is 830. The van der Waals surface area contributed by atoms with Gasteiger partial charge >= 0.3 is 0 Å². The molecule has 8 nitrogen and oxygen atoms in total. The molecular weight excluding hydrogens is 318 g/mol. The predicted molar refractivity (Wildman–Crippen MR) is 97.4 cm³/mol. The molecule has 3 aromatic heterocycles. The van der Waals surface area contributed by atoms with Crippen LogP contribution in [0.2, 0.25) is 0 Å². The molecule has 0 saturated carbocycles. The fourth-order valence-electron chi connectivity index (χ4n) is 2.42. The molecule has 3 rings (SSSR count). The lowest BCUT2D eigenvalue weighted by atomic mass is 10.3. The number of aliphatic hydroxyl groups is 1. The molecule has 3 aromatic rings. The van der Waals surface area contributed by atoms with Gasteiger partial charge in [0.15, 0.2) is 17.0 Å². The Hall–Kier alpha value is -2.74. The normalized spacial score (nSPS) is 12.5. The van der Waals surface area contributed by atoms with Crippen LogP contribution < -0.4 is 10.6 Å². The van der Waals surface area contributed by atoms with Crippen molar-refractivity contribution in [2.75, 3.05) is 17.2 Å². The molecule has 0 saturated heterocycles. The van der Waals surface area contributed by atoms with Crippen LogP contribution >= 0.6 is 0 Å². The molecule has 0 aliphatic carbocycles. The molecule has 0 fully saturated rings. The van der Waals surface area contributed by atoms with Crippen molar-refractivity contribution >= 4 is 22.9 Å². The average Bonchev–Trinajstić information content (AvgIpc) is 3.03. The van der Waals surface area contributed by atoms with Gasteiger partial charge in [0.05, 0.1) is 12.4 Å². The van der Waals surface area contributed by atoms with Crippen LogP contribution in [0.3, 0.4) is 0 Å². The molecule has 25 heavy (non-hydrogen) atoms. The molecule has 0 spiro atoms. The fraction of sp³-hybridized carbons (Fsp3) is 0.412. The molecule has 0 aromatic carbocycles. The smallest absolute Gasteiger partial charge is 0.226 e. The summed E-state index contributed by atoms with van der Waals surface area (Å²) in [7, 11) is 0. The van der Waals surface area contributed by atoms with Gasteiger partial charge < -0.3 is 20.3 Å². The summed E-state index contributed by atoms with van der Waals surface area (Å²) in [6.45, 7) is 6.84. The Balaban J connectivity index is 1.93. The van der Waals surface area contributed by atoms with E-state index in [1.807, 2.05) is 22.9 Å². The SMILES string of the molecule is CC(C)n1cnc2c(NCc3cccnc3)nc(NC[C@@H](C)O)nc21. The Morgan fingerprint density at radius 1 is 1.20 bits per heavy atom. The minimum atomic E-state index is -0.485. The third-order valence-corrected chi connectivity index (χ3v) is 3.72. The number of pyridine rings is 1. The molecule has 132 valence electrons. The molecule has 0 radical (unpaired) electrons. The maximum absolute atomic E-state index is 9.49. The van der Waals surface area contributed by atoms with Gasteiger partial charge in [-0.15, -0.1) is 0 Å². The molecule has 8 heteroatoms. The number of anilines is 2. The number of hydrogen-bond donors (Lipinski definition) is 3. The molecule has 0 unspecified atom stereocenters. The second kappa shape index (κ2) is 7.43. The van der Waals surface area contributed by atoms with Crippen molar-refractivity contribution in [2.45, 2.75) is 39.5 Å². The van der Waals surface area contributed by atoms with E-state index in [2.05, 4.69) is 44.4 Å². The molecule has 1 atom stereocenters. The van der Waals surface area contributed by atoms with E-state index in [9.17, 15) is 5.11 Å². The van der Waals surface area contributed by atoms with Crippen molar-refractivity contribution in [3.8, 4) is 0 Å². The molecule has 3 heterocycles. The summed E-state index contributed by atoms with van der Waals surface area (Å²) in [6.07, 6.45) is 4.85. The van der Waals surface area contributed by atoms with Gasteiger partial charge in [-0.05, 0) is 32.4 Å². The van der Waals surface area contributed by atoms with Gasteiger partial charge in [-0.25, -0.2) is 4.98 Å². The summed E-state index contributed by atoms with van der Waals surface area (Å²) in [6, 6.07) is 4.13. The first kappa shape index (κ1) is 17.1. The first-order valence-corrected chi connectivity index (χ1v) is 8.34. The molecule has 3 N–H and O–H groups in total. The highest BCUT2D eigenvalue weighted by molar-refractivity contribution is 5.84. The highest BCUT2D eigenvalue weighted by Gasteiger charge is 2.15. The zero-order valence-electron chi connectivity index (χ0n) is 14.6. The molecule has 0 aliphatic rings. The van der Waals surface area contributed by atoms with E-state index in [-0.39, 0.29) is 6.04 Å². The van der Waals surface area contributed by atoms with E-state index >= 15 is 0 Å². The summed E-state index contributed by atoms with van der Waals surface area (Å²) in [5, 5.41) is 15.9. The lowest BCUT2D eigenvalue weighted by Crippen LogP contribution is -2.17. The van der Waals surface area contributed by atoms with Crippen LogP contribution in [0.4, 0.5) is 11.8 Å². The van der Waals surface area contributed by atoms with Gasteiger partial charge in [-0.2, -0.15) is 9.97 Å². The summed E-state index contributed by atoms with van der Waals surface area (Å²) >= 11 is 0. The number of imidazole rings is 1. The Morgan fingerprint density at radius 3 is 2.72 bits per heavy atom. The number of aromatic nitrogens is 5. The molecule has 0 bridgehead atoms. The number of rotatable bonds is 7. The lowest BCUT2D eigenvalue weighted by molar-refractivity contribution is 0.208. The standard InChI is InChI=1S/C17H23N7O/c1-11(2)24-10-21-14-15(19-9-13-5-4-6-18-8-13)22-17(23-16(14)24)20-7-12(3)25/h4-6,8,10-12,25H,7,9H2,1-3H3,(H2,19,20,22,23)/t12-/m1/s1. The van der Waals surface area contributed by atoms with Crippen LogP contribution in [0, 0.1) is 0 Å². The number of fused-ring (bicyclic) bond motifs is 1. The first-order valence-electron chi connectivity index (χ1n) is 8.34. The van der Waals surface area contributed by atoms with E-state index in [1.54, 1.807) is 19.4 Å². The number of nitrogens with zero attached hydrogens (tertiary/aromatic N) is 5. The van der Waals surface area contributed by atoms with Crippen LogP contribution in [0.25, 0.3) is 11.2 Å². The van der Waals surface area contributed by atoms with Crippen molar-refractivity contribution < 1.29 is 5.11 Å². The van der Waals surface area contributed by atoms with Gasteiger partial charge in [0, 0.05) is 31.5 Å². The van der Waals surface area contributed by atoms with E-state index in [0.717, 1.165) is 16.7 Å². The van der Waals surface area contributed by atoms with Crippen molar-refractivity contribution in [3.63, 3.8) is 0 Å². The van der Waals surface area contributed by atoms with Gasteiger partial charge in [0.1, 0.15) is 0 Å². The fourth-order valence-corrected chi connectivity index (χ4v) is 2.42. The van der Waals surface area contributed by atoms with Gasteiger partial charge in [-0.3, -0.25) is 4.98 Å². The van der Waals surface area contributed by atoms with E-state index in [0.29, 0.717) is 24.9 Å². The Morgan fingerprint density at radius 2 is 2.04 bits per heavy atom. The Kier molecular flexibility index (Phi) is 5.08. The monoisotopic (exact) mass is 341 g/mol. The van der Waals surface area contributed by atoms with E-state index < -0.39 is 6.10 Å². The predicted octanol–water partition coefficient (Wildman–Crippen LogP) is 2.21. The minimum absolute atomic E-state index is 0.232. The quantitative estimate of drug-likeness (QED) is 0.605. The second-order valence-electron chi connectivity index (χ2n) is 6.26. The maximum atomic E-state index is 9.49.